The molecule has 0 saturated carbocycles. The Morgan fingerprint density at radius 3 is 2.39 bits per heavy atom. The molecule has 1 aliphatic rings. The van der Waals surface area contributed by atoms with Gasteiger partial charge in [-0.05, 0) is 19.3 Å². The van der Waals surface area contributed by atoms with Gasteiger partial charge in [-0.15, -0.1) is 0 Å². The van der Waals surface area contributed by atoms with Gasteiger partial charge in [0, 0.05) is 25.6 Å². The number of piperidine rings is 1. The average molecular weight is 256 g/mol. The first-order chi connectivity index (χ1) is 8.52. The molecule has 6 heteroatoms. The molecule has 18 heavy (non-hydrogen) atoms. The molecular formula is C12H20N2O4. The van der Waals surface area contributed by atoms with E-state index in [1.807, 2.05) is 6.92 Å². The average Bonchev–Trinajstić information content (AvgIpc) is 2.29. The van der Waals surface area contributed by atoms with E-state index >= 15 is 0 Å². The van der Waals surface area contributed by atoms with Gasteiger partial charge in [0.05, 0.1) is 0 Å². The van der Waals surface area contributed by atoms with Gasteiger partial charge in [0.2, 0.25) is 11.8 Å². The third-order valence-corrected chi connectivity index (χ3v) is 2.99. The Labute approximate surface area is 106 Å². The molecule has 1 aliphatic heterocycles. The Hall–Kier alpha value is -1.59. The van der Waals surface area contributed by atoms with Gasteiger partial charge in [-0.2, -0.15) is 0 Å². The molecule has 0 aromatic heterocycles. The molecule has 1 rings (SSSR count). The molecule has 1 saturated heterocycles. The molecule has 0 radical (unpaired) electrons. The third-order valence-electron chi connectivity index (χ3n) is 2.99. The molecule has 6 nitrogen and oxygen atoms in total. The number of aliphatic carboxylic acids is 1. The van der Waals surface area contributed by atoms with Gasteiger partial charge in [-0.1, -0.05) is 6.92 Å². The monoisotopic (exact) mass is 256 g/mol. The van der Waals surface area contributed by atoms with Crippen molar-refractivity contribution in [2.24, 2.45) is 0 Å². The Morgan fingerprint density at radius 1 is 1.28 bits per heavy atom. The highest BCUT2D eigenvalue weighted by Crippen LogP contribution is 2.11. The summed E-state index contributed by atoms with van der Waals surface area (Å²) in [6, 6.07) is 0.109. The molecule has 0 spiro atoms. The smallest absolute Gasteiger partial charge is 0.312 e. The highest BCUT2D eigenvalue weighted by Gasteiger charge is 2.24. The van der Waals surface area contributed by atoms with Gasteiger partial charge in [0.15, 0.2) is 0 Å². The van der Waals surface area contributed by atoms with Crippen LogP contribution in [0.2, 0.25) is 0 Å². The fraction of sp³-hybridized carbons (Fsp3) is 0.750. The summed E-state index contributed by atoms with van der Waals surface area (Å²) in [4.78, 5) is 34.9. The lowest BCUT2D eigenvalue weighted by Gasteiger charge is -2.32. The molecule has 1 fully saturated rings. The van der Waals surface area contributed by atoms with Crippen LogP contribution in [0.25, 0.3) is 0 Å². The summed E-state index contributed by atoms with van der Waals surface area (Å²) >= 11 is 0. The largest absolute Gasteiger partial charge is 0.481 e. The number of likely N-dealkylation sites (tertiary alicyclic amines) is 1. The number of hydrogen-bond acceptors (Lipinski definition) is 3. The second-order valence-corrected chi connectivity index (χ2v) is 4.54. The van der Waals surface area contributed by atoms with Crippen LogP contribution < -0.4 is 5.32 Å². The van der Waals surface area contributed by atoms with Gasteiger partial charge in [-0.3, -0.25) is 14.4 Å². The maximum Gasteiger partial charge on any atom is 0.312 e. The number of nitrogens with zero attached hydrogens (tertiary/aromatic N) is 1. The number of hydrogen-bond donors (Lipinski definition) is 2. The summed E-state index contributed by atoms with van der Waals surface area (Å²) in [5.41, 5.74) is 0. The Balaban J connectivity index is 2.30. The molecule has 0 aromatic carbocycles. The van der Waals surface area contributed by atoms with Gasteiger partial charge in [0.1, 0.15) is 6.42 Å². The van der Waals surface area contributed by atoms with Crippen LogP contribution in [0.5, 0.6) is 0 Å². The lowest BCUT2D eigenvalue weighted by molar-refractivity contribution is -0.144. The van der Waals surface area contributed by atoms with E-state index in [2.05, 4.69) is 5.32 Å². The van der Waals surface area contributed by atoms with Crippen molar-refractivity contribution in [2.45, 2.75) is 45.1 Å². The summed E-state index contributed by atoms with van der Waals surface area (Å²) in [6.45, 7) is 2.99. The van der Waals surface area contributed by atoms with Crippen LogP contribution in [0.1, 0.15) is 39.0 Å². The van der Waals surface area contributed by atoms with E-state index < -0.39 is 12.4 Å². The van der Waals surface area contributed by atoms with E-state index in [0.717, 1.165) is 6.42 Å². The molecule has 2 amide bonds. The fourth-order valence-corrected chi connectivity index (χ4v) is 2.04. The first kappa shape index (κ1) is 14.5. The van der Waals surface area contributed by atoms with Gasteiger partial charge < -0.3 is 15.3 Å². The standard InChI is InChI=1S/C12H20N2O4/c1-2-3-10(15)13-9-4-6-14(7-5-9)11(16)8-12(17)18/h9H,2-8H2,1H3,(H,13,15)(H,17,18). The number of carboxylic acids is 1. The quantitative estimate of drug-likeness (QED) is 0.696. The Kier molecular flexibility index (Phi) is 5.61. The predicted octanol–water partition coefficient (Wildman–Crippen LogP) is 0.368. The zero-order chi connectivity index (χ0) is 13.5. The number of nitrogens with one attached hydrogen (secondary N) is 1. The van der Waals surface area contributed by atoms with Crippen LogP contribution in [0.4, 0.5) is 0 Å². The maximum absolute atomic E-state index is 11.5. The van der Waals surface area contributed by atoms with E-state index in [9.17, 15) is 14.4 Å². The normalized spacial score (nSPS) is 16.4. The minimum atomic E-state index is -1.10. The topological polar surface area (TPSA) is 86.7 Å². The lowest BCUT2D eigenvalue weighted by atomic mass is 10.0. The molecule has 0 atom stereocenters. The summed E-state index contributed by atoms with van der Waals surface area (Å²) in [5.74, 6) is -1.40. The number of amides is 2. The Morgan fingerprint density at radius 2 is 1.89 bits per heavy atom. The molecule has 0 unspecified atom stereocenters. The first-order valence-corrected chi connectivity index (χ1v) is 6.31. The van der Waals surface area contributed by atoms with Crippen molar-refractivity contribution in [1.29, 1.82) is 0 Å². The fourth-order valence-electron chi connectivity index (χ4n) is 2.04. The van der Waals surface area contributed by atoms with Crippen LogP contribution in [0, 0.1) is 0 Å². The number of carbonyl (C=O) groups is 3. The number of carbonyl (C=O) groups excluding carboxylic acids is 2. The van der Waals surface area contributed by atoms with Crippen molar-refractivity contribution >= 4 is 17.8 Å². The number of rotatable bonds is 5. The van der Waals surface area contributed by atoms with Crippen molar-refractivity contribution in [3.8, 4) is 0 Å². The van der Waals surface area contributed by atoms with E-state index in [-0.39, 0.29) is 17.9 Å². The van der Waals surface area contributed by atoms with Crippen LogP contribution in [-0.2, 0) is 14.4 Å². The molecule has 0 aliphatic carbocycles. The van der Waals surface area contributed by atoms with Crippen molar-refractivity contribution in [3.05, 3.63) is 0 Å². The second-order valence-electron chi connectivity index (χ2n) is 4.54. The molecule has 1 heterocycles. The van der Waals surface area contributed by atoms with Crippen molar-refractivity contribution in [1.82, 2.24) is 10.2 Å². The summed E-state index contributed by atoms with van der Waals surface area (Å²) < 4.78 is 0. The number of carboxylic acid groups (broad SMARTS) is 1. The van der Waals surface area contributed by atoms with Crippen molar-refractivity contribution in [2.75, 3.05) is 13.1 Å². The second kappa shape index (κ2) is 6.98. The van der Waals surface area contributed by atoms with Gasteiger partial charge >= 0.3 is 5.97 Å². The molecular weight excluding hydrogens is 236 g/mol. The highest BCUT2D eigenvalue weighted by atomic mass is 16.4. The van der Waals surface area contributed by atoms with Crippen LogP contribution in [0.3, 0.4) is 0 Å². The van der Waals surface area contributed by atoms with Crippen LogP contribution in [0.15, 0.2) is 0 Å². The minimum absolute atomic E-state index is 0.0489. The van der Waals surface area contributed by atoms with Gasteiger partial charge in [-0.25, -0.2) is 0 Å². The predicted molar refractivity (Wildman–Crippen MR) is 64.9 cm³/mol. The SMILES string of the molecule is CCCC(=O)NC1CCN(C(=O)CC(=O)O)CC1. The highest BCUT2D eigenvalue weighted by molar-refractivity contribution is 5.93. The zero-order valence-electron chi connectivity index (χ0n) is 10.6. The molecule has 2 N–H and O–H groups in total. The van der Waals surface area contributed by atoms with E-state index in [1.54, 1.807) is 4.90 Å². The van der Waals surface area contributed by atoms with Gasteiger partial charge in [0.25, 0.3) is 0 Å². The van der Waals surface area contributed by atoms with Crippen molar-refractivity contribution < 1.29 is 19.5 Å². The molecule has 0 aromatic rings. The molecule has 102 valence electrons. The van der Waals surface area contributed by atoms with E-state index in [0.29, 0.717) is 32.4 Å². The Bertz CT molecular complexity index is 322. The summed E-state index contributed by atoms with van der Waals surface area (Å²) in [6.07, 6.45) is 2.29. The third kappa shape index (κ3) is 4.73. The first-order valence-electron chi connectivity index (χ1n) is 6.31. The van der Waals surface area contributed by atoms with Crippen LogP contribution >= 0.6 is 0 Å². The summed E-state index contributed by atoms with van der Waals surface area (Å²) in [5, 5.41) is 11.5. The summed E-state index contributed by atoms with van der Waals surface area (Å²) in [7, 11) is 0. The van der Waals surface area contributed by atoms with E-state index in [1.165, 1.54) is 0 Å². The minimum Gasteiger partial charge on any atom is -0.481 e. The lowest BCUT2D eigenvalue weighted by Crippen LogP contribution is -2.46. The van der Waals surface area contributed by atoms with E-state index in [4.69, 9.17) is 5.11 Å². The van der Waals surface area contributed by atoms with Crippen molar-refractivity contribution in [3.63, 3.8) is 0 Å². The molecule has 0 bridgehead atoms. The zero-order valence-corrected chi connectivity index (χ0v) is 10.6. The maximum atomic E-state index is 11.5. The van der Waals surface area contributed by atoms with Crippen LogP contribution in [-0.4, -0.2) is 46.9 Å².